The zero-order valence-corrected chi connectivity index (χ0v) is 14.6. The molecule has 4 heteroatoms. The molecule has 2 aromatic carbocycles. The second-order valence-electron chi connectivity index (χ2n) is 6.05. The molecule has 0 spiro atoms. The van der Waals surface area contributed by atoms with Crippen LogP contribution in [0, 0.1) is 6.92 Å². The first kappa shape index (κ1) is 18.0. The summed E-state index contributed by atoms with van der Waals surface area (Å²) in [6.07, 6.45) is 1.36. The molecule has 2 aromatic rings. The van der Waals surface area contributed by atoms with Gasteiger partial charge in [0.1, 0.15) is 0 Å². The van der Waals surface area contributed by atoms with Gasteiger partial charge in [0.05, 0.1) is 6.61 Å². The van der Waals surface area contributed by atoms with E-state index < -0.39 is 0 Å². The lowest BCUT2D eigenvalue weighted by atomic mass is 10.0. The lowest BCUT2D eigenvalue weighted by Gasteiger charge is -2.20. The van der Waals surface area contributed by atoms with Crippen molar-refractivity contribution in [3.05, 3.63) is 59.2 Å². The molecular formula is C20H26N2O2. The molecule has 0 aliphatic carbocycles. The minimum absolute atomic E-state index is 0.0402. The van der Waals surface area contributed by atoms with Gasteiger partial charge < -0.3 is 15.7 Å². The van der Waals surface area contributed by atoms with Crippen molar-refractivity contribution in [1.29, 1.82) is 0 Å². The summed E-state index contributed by atoms with van der Waals surface area (Å²) >= 11 is 0. The maximum absolute atomic E-state index is 11.8. The van der Waals surface area contributed by atoms with Crippen LogP contribution >= 0.6 is 0 Å². The number of aliphatic hydroxyl groups excluding tert-OH is 1. The molecule has 128 valence electrons. The minimum Gasteiger partial charge on any atom is -0.392 e. The summed E-state index contributed by atoms with van der Waals surface area (Å²) < 4.78 is 0. The maximum atomic E-state index is 11.8. The van der Waals surface area contributed by atoms with Crippen molar-refractivity contribution in [3.8, 4) is 0 Å². The van der Waals surface area contributed by atoms with Crippen molar-refractivity contribution in [2.75, 3.05) is 10.6 Å². The third-order valence-electron chi connectivity index (χ3n) is 4.09. The number of aliphatic hydroxyl groups is 1. The molecule has 24 heavy (non-hydrogen) atoms. The third-order valence-corrected chi connectivity index (χ3v) is 4.09. The van der Waals surface area contributed by atoms with Crippen LogP contribution < -0.4 is 10.6 Å². The Bertz CT molecular complexity index is 698. The van der Waals surface area contributed by atoms with Crippen LogP contribution in [-0.2, 0) is 11.4 Å². The average molecular weight is 326 g/mol. The van der Waals surface area contributed by atoms with Crippen molar-refractivity contribution < 1.29 is 9.90 Å². The fraction of sp³-hybridized carbons (Fsp3) is 0.350. The summed E-state index contributed by atoms with van der Waals surface area (Å²) in [7, 11) is 0. The molecule has 4 nitrogen and oxygen atoms in total. The Hall–Kier alpha value is -2.33. The van der Waals surface area contributed by atoms with E-state index in [9.17, 15) is 9.90 Å². The van der Waals surface area contributed by atoms with Gasteiger partial charge in [-0.1, -0.05) is 37.3 Å². The highest BCUT2D eigenvalue weighted by Crippen LogP contribution is 2.27. The Morgan fingerprint density at radius 2 is 1.88 bits per heavy atom. The Morgan fingerprint density at radius 1 is 1.17 bits per heavy atom. The first-order chi connectivity index (χ1) is 11.5. The summed E-state index contributed by atoms with van der Waals surface area (Å²) in [6, 6.07) is 13.9. The lowest BCUT2D eigenvalue weighted by molar-refractivity contribution is -0.116. The van der Waals surface area contributed by atoms with Crippen molar-refractivity contribution in [3.63, 3.8) is 0 Å². The molecule has 2 rings (SSSR count). The monoisotopic (exact) mass is 326 g/mol. The molecule has 1 amide bonds. The average Bonchev–Trinajstić information content (AvgIpc) is 2.58. The summed E-state index contributed by atoms with van der Waals surface area (Å²) in [4.78, 5) is 11.8. The number of hydrogen-bond acceptors (Lipinski definition) is 3. The molecule has 0 aromatic heterocycles. The Kier molecular flexibility index (Phi) is 6.38. The molecule has 0 aliphatic rings. The number of anilines is 2. The Labute approximate surface area is 143 Å². The highest BCUT2D eigenvalue weighted by Gasteiger charge is 2.11. The van der Waals surface area contributed by atoms with Gasteiger partial charge in [-0.25, -0.2) is 0 Å². The highest BCUT2D eigenvalue weighted by atomic mass is 16.3. The summed E-state index contributed by atoms with van der Waals surface area (Å²) in [5.74, 6) is 0.0430. The van der Waals surface area contributed by atoms with E-state index in [1.54, 1.807) is 0 Å². The largest absolute Gasteiger partial charge is 0.392 e. The van der Waals surface area contributed by atoms with Crippen molar-refractivity contribution >= 4 is 17.3 Å². The van der Waals surface area contributed by atoms with E-state index in [1.807, 2.05) is 56.3 Å². The predicted octanol–water partition coefficient (Wildman–Crippen LogP) is 4.40. The number of hydrogen-bond donors (Lipinski definition) is 3. The Balaban J connectivity index is 2.15. The van der Waals surface area contributed by atoms with Crippen molar-refractivity contribution in [2.45, 2.75) is 46.3 Å². The second kappa shape index (κ2) is 8.50. The summed E-state index contributed by atoms with van der Waals surface area (Å²) in [5.41, 5.74) is 4.87. The topological polar surface area (TPSA) is 61.4 Å². The highest BCUT2D eigenvalue weighted by molar-refractivity contribution is 5.92. The zero-order valence-electron chi connectivity index (χ0n) is 14.6. The first-order valence-electron chi connectivity index (χ1n) is 8.40. The van der Waals surface area contributed by atoms with Crippen LogP contribution in [0.5, 0.6) is 0 Å². The zero-order chi connectivity index (χ0) is 17.5. The van der Waals surface area contributed by atoms with Gasteiger partial charge in [0, 0.05) is 23.8 Å². The maximum Gasteiger partial charge on any atom is 0.224 e. The molecule has 0 saturated heterocycles. The molecule has 0 saturated carbocycles. The van der Waals surface area contributed by atoms with E-state index in [4.69, 9.17) is 0 Å². The minimum atomic E-state index is 0.0402. The fourth-order valence-electron chi connectivity index (χ4n) is 2.64. The van der Waals surface area contributed by atoms with Gasteiger partial charge in [-0.2, -0.15) is 0 Å². The number of benzene rings is 2. The van der Waals surface area contributed by atoms with E-state index in [-0.39, 0.29) is 18.6 Å². The number of carbonyl (C=O) groups is 1. The van der Waals surface area contributed by atoms with E-state index in [0.717, 1.165) is 34.5 Å². The van der Waals surface area contributed by atoms with E-state index in [1.165, 1.54) is 0 Å². The molecule has 1 atom stereocenters. The third kappa shape index (κ3) is 4.59. The standard InChI is InChI=1S/C20H26N2O2/c1-4-7-20(24)22-19-11-6-10-18(14(19)2)21-15(3)17-9-5-8-16(12-17)13-23/h5-6,8-12,15,21,23H,4,7,13H2,1-3H3,(H,22,24). The van der Waals surface area contributed by atoms with Crippen molar-refractivity contribution in [1.82, 2.24) is 0 Å². The molecule has 3 N–H and O–H groups in total. The fourth-order valence-corrected chi connectivity index (χ4v) is 2.64. The van der Waals surface area contributed by atoms with Crippen molar-refractivity contribution in [2.24, 2.45) is 0 Å². The van der Waals surface area contributed by atoms with Crippen LogP contribution in [0.1, 0.15) is 49.4 Å². The molecule has 0 fully saturated rings. The van der Waals surface area contributed by atoms with Crippen LogP contribution in [0.4, 0.5) is 11.4 Å². The molecule has 1 unspecified atom stereocenters. The van der Waals surface area contributed by atoms with Gasteiger partial charge in [0.15, 0.2) is 0 Å². The van der Waals surface area contributed by atoms with E-state index in [0.29, 0.717) is 6.42 Å². The predicted molar refractivity (Wildman–Crippen MR) is 99.1 cm³/mol. The normalized spacial score (nSPS) is 11.8. The molecule has 0 bridgehead atoms. The van der Waals surface area contributed by atoms with Gasteiger partial charge in [-0.05, 0) is 49.1 Å². The van der Waals surface area contributed by atoms with Gasteiger partial charge in [-0.3, -0.25) is 4.79 Å². The van der Waals surface area contributed by atoms with Gasteiger partial charge in [0.25, 0.3) is 0 Å². The summed E-state index contributed by atoms with van der Waals surface area (Å²) in [5, 5.41) is 15.7. The van der Waals surface area contributed by atoms with Crippen LogP contribution in [0.3, 0.4) is 0 Å². The van der Waals surface area contributed by atoms with Gasteiger partial charge in [0.2, 0.25) is 5.91 Å². The molecule has 0 radical (unpaired) electrons. The van der Waals surface area contributed by atoms with E-state index >= 15 is 0 Å². The molecule has 0 heterocycles. The quantitative estimate of drug-likeness (QED) is 0.707. The van der Waals surface area contributed by atoms with Crippen LogP contribution in [0.15, 0.2) is 42.5 Å². The SMILES string of the molecule is CCCC(=O)Nc1cccc(NC(C)c2cccc(CO)c2)c1C. The summed E-state index contributed by atoms with van der Waals surface area (Å²) in [6.45, 7) is 6.12. The molecular weight excluding hydrogens is 300 g/mol. The number of rotatable bonds is 7. The lowest BCUT2D eigenvalue weighted by Crippen LogP contribution is -2.13. The number of nitrogens with one attached hydrogen (secondary N) is 2. The first-order valence-corrected chi connectivity index (χ1v) is 8.40. The van der Waals surface area contributed by atoms with Crippen LogP contribution in [0.25, 0.3) is 0 Å². The second-order valence-corrected chi connectivity index (χ2v) is 6.05. The molecule has 0 aliphatic heterocycles. The Morgan fingerprint density at radius 3 is 2.58 bits per heavy atom. The smallest absolute Gasteiger partial charge is 0.224 e. The van der Waals surface area contributed by atoms with E-state index in [2.05, 4.69) is 17.6 Å². The van der Waals surface area contributed by atoms with Crippen LogP contribution in [0.2, 0.25) is 0 Å². The van der Waals surface area contributed by atoms with Crippen LogP contribution in [-0.4, -0.2) is 11.0 Å². The number of amides is 1. The number of carbonyl (C=O) groups excluding carboxylic acids is 1. The van der Waals surface area contributed by atoms with Gasteiger partial charge >= 0.3 is 0 Å². The van der Waals surface area contributed by atoms with Gasteiger partial charge in [-0.15, -0.1) is 0 Å².